The van der Waals surface area contributed by atoms with Crippen molar-refractivity contribution in [3.05, 3.63) is 82.0 Å². The number of amides is 2. The molecule has 0 atom stereocenters. The van der Waals surface area contributed by atoms with Gasteiger partial charge in [0.15, 0.2) is 0 Å². The van der Waals surface area contributed by atoms with E-state index in [9.17, 15) is 18.0 Å². The highest BCUT2D eigenvalue weighted by molar-refractivity contribution is 7.92. The van der Waals surface area contributed by atoms with E-state index < -0.39 is 10.0 Å². The summed E-state index contributed by atoms with van der Waals surface area (Å²) in [5.41, 5.74) is 2.24. The van der Waals surface area contributed by atoms with Crippen molar-refractivity contribution in [2.45, 2.75) is 6.54 Å². The van der Waals surface area contributed by atoms with Crippen molar-refractivity contribution in [2.75, 3.05) is 16.3 Å². The molecule has 0 aliphatic rings. The first kappa shape index (κ1) is 20.6. The minimum absolute atomic E-state index is 0.195. The predicted molar refractivity (Wildman–Crippen MR) is 115 cm³/mol. The summed E-state index contributed by atoms with van der Waals surface area (Å²) in [7, 11) is -3.36. The summed E-state index contributed by atoms with van der Waals surface area (Å²) in [4.78, 5) is 25.0. The zero-order chi connectivity index (χ0) is 20.9. The standard InChI is InChI=1S/C20H19N3O4S2/c1-29(26,27)23-17-5-2-4-14(12-17)13-21-19(24)15-7-9-16(10-8-15)22-20(25)18-6-3-11-28-18/h2-12,23H,13H2,1H3,(H,21,24)(H,22,25). The molecule has 0 fully saturated rings. The van der Waals surface area contributed by atoms with Crippen LogP contribution < -0.4 is 15.4 Å². The summed E-state index contributed by atoms with van der Waals surface area (Å²) in [5.74, 6) is -0.470. The molecule has 0 aliphatic carbocycles. The van der Waals surface area contributed by atoms with Crippen LogP contribution in [0.15, 0.2) is 66.0 Å². The van der Waals surface area contributed by atoms with Gasteiger partial charge >= 0.3 is 0 Å². The molecule has 29 heavy (non-hydrogen) atoms. The largest absolute Gasteiger partial charge is 0.348 e. The Labute approximate surface area is 172 Å². The molecule has 3 rings (SSSR count). The number of carbonyl (C=O) groups excluding carboxylic acids is 2. The van der Waals surface area contributed by atoms with E-state index >= 15 is 0 Å². The van der Waals surface area contributed by atoms with Crippen LogP contribution in [-0.2, 0) is 16.6 Å². The lowest BCUT2D eigenvalue weighted by Gasteiger charge is -2.09. The van der Waals surface area contributed by atoms with Crippen molar-refractivity contribution in [2.24, 2.45) is 0 Å². The van der Waals surface area contributed by atoms with E-state index in [1.54, 1.807) is 60.7 Å². The number of anilines is 2. The van der Waals surface area contributed by atoms with Gasteiger partial charge in [0.1, 0.15) is 0 Å². The fraction of sp³-hybridized carbons (Fsp3) is 0.100. The van der Waals surface area contributed by atoms with Gasteiger partial charge in [-0.2, -0.15) is 0 Å². The molecule has 1 heterocycles. The third kappa shape index (κ3) is 6.16. The van der Waals surface area contributed by atoms with Gasteiger partial charge in [-0.1, -0.05) is 18.2 Å². The second kappa shape index (κ2) is 8.89. The summed E-state index contributed by atoms with van der Waals surface area (Å²) in [6.07, 6.45) is 1.08. The number of nitrogens with one attached hydrogen (secondary N) is 3. The molecule has 3 aromatic rings. The second-order valence-corrected chi connectivity index (χ2v) is 8.96. The van der Waals surface area contributed by atoms with Crippen LogP contribution in [0.25, 0.3) is 0 Å². The van der Waals surface area contributed by atoms with Crippen LogP contribution in [0.2, 0.25) is 0 Å². The maximum Gasteiger partial charge on any atom is 0.265 e. The van der Waals surface area contributed by atoms with Crippen LogP contribution in [0.4, 0.5) is 11.4 Å². The Morgan fingerprint density at radius 2 is 1.69 bits per heavy atom. The number of thiophene rings is 1. The van der Waals surface area contributed by atoms with E-state index in [0.717, 1.165) is 11.8 Å². The number of carbonyl (C=O) groups is 2. The van der Waals surface area contributed by atoms with E-state index in [-0.39, 0.29) is 18.4 Å². The molecular formula is C20H19N3O4S2. The van der Waals surface area contributed by atoms with E-state index in [0.29, 0.717) is 21.8 Å². The van der Waals surface area contributed by atoms with E-state index in [1.165, 1.54) is 11.3 Å². The molecule has 0 aliphatic heterocycles. The summed E-state index contributed by atoms with van der Waals surface area (Å²) in [6.45, 7) is 0.245. The Kier molecular flexibility index (Phi) is 6.30. The van der Waals surface area contributed by atoms with Crippen molar-refractivity contribution in [3.63, 3.8) is 0 Å². The Hall–Kier alpha value is -3.17. The number of hydrogen-bond acceptors (Lipinski definition) is 5. The van der Waals surface area contributed by atoms with Crippen LogP contribution in [0.1, 0.15) is 25.6 Å². The van der Waals surface area contributed by atoms with Gasteiger partial charge in [0.2, 0.25) is 10.0 Å². The van der Waals surface area contributed by atoms with Crippen LogP contribution in [0, 0.1) is 0 Å². The molecule has 2 aromatic carbocycles. The zero-order valence-corrected chi connectivity index (χ0v) is 17.1. The van der Waals surface area contributed by atoms with Gasteiger partial charge in [-0.25, -0.2) is 8.42 Å². The molecule has 0 saturated heterocycles. The van der Waals surface area contributed by atoms with E-state index in [1.807, 2.05) is 5.38 Å². The van der Waals surface area contributed by atoms with Crippen LogP contribution in [0.5, 0.6) is 0 Å². The lowest BCUT2D eigenvalue weighted by Crippen LogP contribution is -2.23. The Morgan fingerprint density at radius 3 is 2.34 bits per heavy atom. The fourth-order valence-corrected chi connectivity index (χ4v) is 3.72. The normalized spacial score (nSPS) is 10.9. The van der Waals surface area contributed by atoms with Crippen molar-refractivity contribution in [3.8, 4) is 0 Å². The topological polar surface area (TPSA) is 104 Å². The minimum atomic E-state index is -3.36. The molecule has 0 unspecified atom stereocenters. The highest BCUT2D eigenvalue weighted by Crippen LogP contribution is 2.15. The Balaban J connectivity index is 1.57. The first-order chi connectivity index (χ1) is 13.8. The third-order valence-corrected chi connectivity index (χ3v) is 5.31. The molecule has 0 radical (unpaired) electrons. The molecule has 0 spiro atoms. The smallest absolute Gasteiger partial charge is 0.265 e. The van der Waals surface area contributed by atoms with Crippen LogP contribution >= 0.6 is 11.3 Å². The summed E-state index contributed by atoms with van der Waals surface area (Å²) in [6, 6.07) is 16.9. The first-order valence-electron chi connectivity index (χ1n) is 8.60. The molecule has 7 nitrogen and oxygen atoms in total. The van der Waals surface area contributed by atoms with Gasteiger partial charge < -0.3 is 10.6 Å². The van der Waals surface area contributed by atoms with Crippen molar-refractivity contribution in [1.29, 1.82) is 0 Å². The first-order valence-corrected chi connectivity index (χ1v) is 11.4. The van der Waals surface area contributed by atoms with Crippen LogP contribution in [0.3, 0.4) is 0 Å². The third-order valence-electron chi connectivity index (χ3n) is 3.83. The van der Waals surface area contributed by atoms with Gasteiger partial charge in [-0.05, 0) is 53.4 Å². The molecular weight excluding hydrogens is 410 g/mol. The maximum atomic E-state index is 12.3. The van der Waals surface area contributed by atoms with E-state index in [2.05, 4.69) is 15.4 Å². The monoisotopic (exact) mass is 429 g/mol. The Bertz CT molecular complexity index is 1110. The molecule has 150 valence electrons. The predicted octanol–water partition coefficient (Wildman–Crippen LogP) is 3.30. The number of hydrogen-bond donors (Lipinski definition) is 3. The quantitative estimate of drug-likeness (QED) is 0.536. The van der Waals surface area contributed by atoms with Gasteiger partial charge in [0.05, 0.1) is 11.1 Å². The highest BCUT2D eigenvalue weighted by Gasteiger charge is 2.09. The highest BCUT2D eigenvalue weighted by atomic mass is 32.2. The van der Waals surface area contributed by atoms with Crippen molar-refractivity contribution >= 4 is 44.5 Å². The van der Waals surface area contributed by atoms with Gasteiger partial charge in [0.25, 0.3) is 11.8 Å². The van der Waals surface area contributed by atoms with Crippen molar-refractivity contribution < 1.29 is 18.0 Å². The molecule has 0 saturated carbocycles. The molecule has 9 heteroatoms. The molecule has 2 amide bonds. The average molecular weight is 430 g/mol. The minimum Gasteiger partial charge on any atom is -0.348 e. The SMILES string of the molecule is CS(=O)(=O)Nc1cccc(CNC(=O)c2ccc(NC(=O)c3cccs3)cc2)c1. The van der Waals surface area contributed by atoms with Gasteiger partial charge in [-0.3, -0.25) is 14.3 Å². The van der Waals surface area contributed by atoms with Crippen LogP contribution in [-0.4, -0.2) is 26.5 Å². The zero-order valence-electron chi connectivity index (χ0n) is 15.5. The summed E-state index contributed by atoms with van der Waals surface area (Å²) in [5, 5.41) is 7.39. The van der Waals surface area contributed by atoms with Crippen molar-refractivity contribution in [1.82, 2.24) is 5.32 Å². The van der Waals surface area contributed by atoms with Gasteiger partial charge in [-0.15, -0.1) is 11.3 Å². The number of rotatable bonds is 7. The lowest BCUT2D eigenvalue weighted by molar-refractivity contribution is 0.0950. The van der Waals surface area contributed by atoms with Gasteiger partial charge in [0, 0.05) is 23.5 Å². The maximum absolute atomic E-state index is 12.3. The lowest BCUT2D eigenvalue weighted by atomic mass is 10.1. The number of sulfonamides is 1. The molecule has 3 N–H and O–H groups in total. The fourth-order valence-electron chi connectivity index (χ4n) is 2.55. The Morgan fingerprint density at radius 1 is 0.931 bits per heavy atom. The summed E-state index contributed by atoms with van der Waals surface area (Å²) < 4.78 is 25.0. The average Bonchev–Trinajstić information content (AvgIpc) is 3.21. The second-order valence-electron chi connectivity index (χ2n) is 6.27. The summed E-state index contributed by atoms with van der Waals surface area (Å²) >= 11 is 1.35. The van der Waals surface area contributed by atoms with E-state index in [4.69, 9.17) is 0 Å². The number of benzene rings is 2. The molecule has 0 bridgehead atoms. The molecule has 1 aromatic heterocycles.